The first kappa shape index (κ1) is 15.7. The Bertz CT molecular complexity index is 631. The number of carbonyl (C=O) groups is 2. The van der Waals surface area contributed by atoms with Gasteiger partial charge in [0.15, 0.2) is 0 Å². The standard InChI is InChI=1S/C18H21FN2O2/c1-2-17(22)20-9-4-6-14(12-20)18(23)21-10-8-16(21)13-5-3-7-15(19)11-13/h2-3,5,7,11,14,16H,1,4,6,8-10,12H2. The molecular formula is C18H21FN2O2. The fourth-order valence-corrected chi connectivity index (χ4v) is 3.45. The zero-order valence-corrected chi connectivity index (χ0v) is 13.1. The number of rotatable bonds is 3. The molecule has 2 amide bonds. The van der Waals surface area contributed by atoms with Crippen molar-refractivity contribution in [2.24, 2.45) is 5.92 Å². The van der Waals surface area contributed by atoms with E-state index in [1.165, 1.54) is 18.2 Å². The Morgan fingerprint density at radius 1 is 1.26 bits per heavy atom. The van der Waals surface area contributed by atoms with Crippen molar-refractivity contribution in [2.45, 2.75) is 25.3 Å². The van der Waals surface area contributed by atoms with Crippen molar-refractivity contribution in [1.29, 1.82) is 0 Å². The minimum absolute atomic E-state index is 0.0383. The van der Waals surface area contributed by atoms with Crippen LogP contribution in [0, 0.1) is 11.7 Å². The van der Waals surface area contributed by atoms with E-state index in [1.54, 1.807) is 11.0 Å². The van der Waals surface area contributed by atoms with E-state index in [9.17, 15) is 14.0 Å². The molecular weight excluding hydrogens is 295 g/mol. The Balaban J connectivity index is 1.68. The van der Waals surface area contributed by atoms with Crippen LogP contribution in [-0.4, -0.2) is 41.2 Å². The molecule has 0 saturated carbocycles. The van der Waals surface area contributed by atoms with E-state index in [1.807, 2.05) is 11.0 Å². The maximum atomic E-state index is 13.4. The van der Waals surface area contributed by atoms with Gasteiger partial charge < -0.3 is 9.80 Å². The monoisotopic (exact) mass is 316 g/mol. The quantitative estimate of drug-likeness (QED) is 0.804. The summed E-state index contributed by atoms with van der Waals surface area (Å²) in [7, 11) is 0. The van der Waals surface area contributed by atoms with Gasteiger partial charge in [-0.3, -0.25) is 9.59 Å². The van der Waals surface area contributed by atoms with Crippen LogP contribution in [0.25, 0.3) is 0 Å². The van der Waals surface area contributed by atoms with Gasteiger partial charge in [-0.25, -0.2) is 4.39 Å². The van der Waals surface area contributed by atoms with Crippen molar-refractivity contribution in [1.82, 2.24) is 9.80 Å². The second-order valence-electron chi connectivity index (χ2n) is 6.22. The summed E-state index contributed by atoms with van der Waals surface area (Å²) >= 11 is 0. The van der Waals surface area contributed by atoms with Crippen LogP contribution in [0.15, 0.2) is 36.9 Å². The maximum absolute atomic E-state index is 13.4. The van der Waals surface area contributed by atoms with Gasteiger partial charge >= 0.3 is 0 Å². The molecule has 2 unspecified atom stereocenters. The third-order valence-corrected chi connectivity index (χ3v) is 4.79. The molecule has 4 nitrogen and oxygen atoms in total. The summed E-state index contributed by atoms with van der Waals surface area (Å²) in [6.07, 6.45) is 3.78. The summed E-state index contributed by atoms with van der Waals surface area (Å²) in [6.45, 7) is 5.34. The molecule has 2 heterocycles. The Hall–Kier alpha value is -2.17. The summed E-state index contributed by atoms with van der Waals surface area (Å²) in [5.74, 6) is -0.480. The second kappa shape index (κ2) is 6.52. The van der Waals surface area contributed by atoms with Crippen LogP contribution in [0.4, 0.5) is 4.39 Å². The van der Waals surface area contributed by atoms with Gasteiger partial charge in [-0.2, -0.15) is 0 Å². The molecule has 2 atom stereocenters. The third kappa shape index (κ3) is 3.14. The predicted molar refractivity (Wildman–Crippen MR) is 85.0 cm³/mol. The Morgan fingerprint density at radius 2 is 2.09 bits per heavy atom. The van der Waals surface area contributed by atoms with Crippen LogP contribution in [0.1, 0.15) is 30.9 Å². The van der Waals surface area contributed by atoms with Crippen LogP contribution in [0.3, 0.4) is 0 Å². The first-order valence-corrected chi connectivity index (χ1v) is 8.07. The molecule has 2 fully saturated rings. The molecule has 122 valence electrons. The van der Waals surface area contributed by atoms with Crippen molar-refractivity contribution < 1.29 is 14.0 Å². The van der Waals surface area contributed by atoms with Gasteiger partial charge in [0, 0.05) is 19.6 Å². The van der Waals surface area contributed by atoms with E-state index < -0.39 is 0 Å². The van der Waals surface area contributed by atoms with Gasteiger partial charge in [0.05, 0.1) is 12.0 Å². The van der Waals surface area contributed by atoms with Crippen molar-refractivity contribution in [2.75, 3.05) is 19.6 Å². The predicted octanol–water partition coefficient (Wildman–Crippen LogP) is 2.52. The van der Waals surface area contributed by atoms with Crippen molar-refractivity contribution >= 4 is 11.8 Å². The fraction of sp³-hybridized carbons (Fsp3) is 0.444. The van der Waals surface area contributed by atoms with E-state index in [-0.39, 0.29) is 29.6 Å². The second-order valence-corrected chi connectivity index (χ2v) is 6.22. The molecule has 0 aliphatic carbocycles. The van der Waals surface area contributed by atoms with Gasteiger partial charge in [0.2, 0.25) is 11.8 Å². The summed E-state index contributed by atoms with van der Waals surface area (Å²) in [5, 5.41) is 0. The van der Waals surface area contributed by atoms with E-state index in [0.29, 0.717) is 19.6 Å². The van der Waals surface area contributed by atoms with Gasteiger partial charge in [-0.05, 0) is 43.0 Å². The zero-order valence-electron chi connectivity index (χ0n) is 13.1. The molecule has 23 heavy (non-hydrogen) atoms. The SMILES string of the molecule is C=CC(=O)N1CCCC(C(=O)N2CCC2c2cccc(F)c2)C1. The molecule has 2 aliphatic rings. The Morgan fingerprint density at radius 3 is 2.74 bits per heavy atom. The van der Waals surface area contributed by atoms with E-state index in [2.05, 4.69) is 6.58 Å². The number of hydrogen-bond donors (Lipinski definition) is 0. The minimum atomic E-state index is -0.276. The lowest BCUT2D eigenvalue weighted by atomic mass is 9.89. The number of halogens is 1. The van der Waals surface area contributed by atoms with Gasteiger partial charge in [0.1, 0.15) is 5.82 Å². The zero-order chi connectivity index (χ0) is 16.4. The lowest BCUT2D eigenvalue weighted by Gasteiger charge is -2.44. The molecule has 1 aromatic carbocycles. The Kier molecular flexibility index (Phi) is 4.46. The fourth-order valence-electron chi connectivity index (χ4n) is 3.45. The lowest BCUT2D eigenvalue weighted by Crippen LogP contribution is -2.51. The smallest absolute Gasteiger partial charge is 0.245 e. The largest absolute Gasteiger partial charge is 0.338 e. The third-order valence-electron chi connectivity index (χ3n) is 4.79. The average Bonchev–Trinajstić information content (AvgIpc) is 2.53. The van der Waals surface area contributed by atoms with Crippen molar-refractivity contribution in [3.05, 3.63) is 48.3 Å². The first-order valence-electron chi connectivity index (χ1n) is 8.07. The van der Waals surface area contributed by atoms with Crippen LogP contribution in [-0.2, 0) is 9.59 Å². The highest BCUT2D eigenvalue weighted by atomic mass is 19.1. The molecule has 0 N–H and O–H groups in total. The average molecular weight is 316 g/mol. The Labute approximate surface area is 135 Å². The molecule has 2 aliphatic heterocycles. The normalized spacial score (nSPS) is 24.0. The molecule has 0 radical (unpaired) electrons. The highest BCUT2D eigenvalue weighted by Gasteiger charge is 2.38. The van der Waals surface area contributed by atoms with E-state index in [0.717, 1.165) is 24.8 Å². The topological polar surface area (TPSA) is 40.6 Å². The number of carbonyl (C=O) groups excluding carboxylic acids is 2. The highest BCUT2D eigenvalue weighted by molar-refractivity contribution is 5.88. The maximum Gasteiger partial charge on any atom is 0.245 e. The van der Waals surface area contributed by atoms with Crippen LogP contribution >= 0.6 is 0 Å². The van der Waals surface area contributed by atoms with Crippen molar-refractivity contribution in [3.8, 4) is 0 Å². The number of piperidine rings is 1. The molecule has 1 aromatic rings. The molecule has 3 rings (SSSR count). The summed E-state index contributed by atoms with van der Waals surface area (Å²) in [5.41, 5.74) is 0.847. The number of nitrogens with zero attached hydrogens (tertiary/aromatic N) is 2. The van der Waals surface area contributed by atoms with Gasteiger partial charge in [-0.15, -0.1) is 0 Å². The summed E-state index contributed by atoms with van der Waals surface area (Å²) < 4.78 is 13.4. The highest BCUT2D eigenvalue weighted by Crippen LogP contribution is 2.35. The van der Waals surface area contributed by atoms with E-state index in [4.69, 9.17) is 0 Å². The number of hydrogen-bond acceptors (Lipinski definition) is 2. The molecule has 5 heteroatoms. The summed E-state index contributed by atoms with van der Waals surface area (Å²) in [6, 6.07) is 6.41. The van der Waals surface area contributed by atoms with Crippen molar-refractivity contribution in [3.63, 3.8) is 0 Å². The lowest BCUT2D eigenvalue weighted by molar-refractivity contribution is -0.146. The van der Waals surface area contributed by atoms with Gasteiger partial charge in [0.25, 0.3) is 0 Å². The van der Waals surface area contributed by atoms with Gasteiger partial charge in [-0.1, -0.05) is 18.7 Å². The van der Waals surface area contributed by atoms with E-state index >= 15 is 0 Å². The number of benzene rings is 1. The molecule has 0 spiro atoms. The van der Waals surface area contributed by atoms with Crippen LogP contribution in [0.2, 0.25) is 0 Å². The molecule has 0 bridgehead atoms. The first-order chi connectivity index (χ1) is 11.1. The minimum Gasteiger partial charge on any atom is -0.338 e. The number of likely N-dealkylation sites (tertiary alicyclic amines) is 2. The number of amides is 2. The van der Waals surface area contributed by atoms with Crippen LogP contribution < -0.4 is 0 Å². The molecule has 0 aromatic heterocycles. The molecule has 2 saturated heterocycles. The van der Waals surface area contributed by atoms with Crippen LogP contribution in [0.5, 0.6) is 0 Å². The summed E-state index contributed by atoms with van der Waals surface area (Å²) in [4.78, 5) is 28.0.